The zero-order chi connectivity index (χ0) is 19.3. The summed E-state index contributed by atoms with van der Waals surface area (Å²) >= 11 is 0. The van der Waals surface area contributed by atoms with Crippen LogP contribution >= 0.6 is 0 Å². The summed E-state index contributed by atoms with van der Waals surface area (Å²) in [6.07, 6.45) is 4.75. The molecule has 0 saturated carbocycles. The summed E-state index contributed by atoms with van der Waals surface area (Å²) in [5, 5.41) is 10.4. The van der Waals surface area contributed by atoms with E-state index in [1.54, 1.807) is 36.8 Å². The van der Waals surface area contributed by atoms with Gasteiger partial charge < -0.3 is 10.6 Å². The largest absolute Gasteiger partial charge is 0.348 e. The van der Waals surface area contributed by atoms with Crippen molar-refractivity contribution in [1.29, 1.82) is 0 Å². The molecule has 1 aromatic carbocycles. The van der Waals surface area contributed by atoms with Crippen molar-refractivity contribution in [3.05, 3.63) is 66.0 Å². The van der Waals surface area contributed by atoms with E-state index in [2.05, 4.69) is 52.2 Å². The molecule has 142 valence electrons. The van der Waals surface area contributed by atoms with E-state index in [0.29, 0.717) is 29.1 Å². The Morgan fingerprint density at radius 1 is 1.07 bits per heavy atom. The standard InChI is InChI=1S/C17H17FN10/c1-10(11-2-4-12(18)5-3-11)21-17-22-13(16-25-27-28-26-16)8-14(24-17)23-15-9-19-6-7-20-15/h2-10,27-28H,1H3,(H,25,26)(H2,20,21,22,23,24)/t10-/m0/s1. The molecule has 3 heterocycles. The van der Waals surface area contributed by atoms with Crippen molar-refractivity contribution >= 4 is 23.4 Å². The van der Waals surface area contributed by atoms with Gasteiger partial charge in [0.1, 0.15) is 23.1 Å². The maximum Gasteiger partial charge on any atom is 0.225 e. The maximum absolute atomic E-state index is 13.2. The summed E-state index contributed by atoms with van der Waals surface area (Å²) < 4.78 is 13.2. The molecule has 0 radical (unpaired) electrons. The summed E-state index contributed by atoms with van der Waals surface area (Å²) in [7, 11) is 0. The average Bonchev–Trinajstić information content (AvgIpc) is 3.24. The van der Waals surface area contributed by atoms with Crippen molar-refractivity contribution in [2.24, 2.45) is 5.10 Å². The van der Waals surface area contributed by atoms with Gasteiger partial charge in [-0.3, -0.25) is 10.4 Å². The Morgan fingerprint density at radius 3 is 2.64 bits per heavy atom. The lowest BCUT2D eigenvalue weighted by Crippen LogP contribution is -2.35. The maximum atomic E-state index is 13.2. The molecule has 5 N–H and O–H groups in total. The number of anilines is 3. The molecule has 0 spiro atoms. The quantitative estimate of drug-likeness (QED) is 0.434. The zero-order valence-electron chi connectivity index (χ0n) is 14.8. The second kappa shape index (κ2) is 7.80. The number of nitrogens with zero attached hydrogens (tertiary/aromatic N) is 5. The topological polar surface area (TPSA) is 124 Å². The van der Waals surface area contributed by atoms with E-state index in [1.807, 2.05) is 6.92 Å². The molecule has 0 unspecified atom stereocenters. The van der Waals surface area contributed by atoms with Gasteiger partial charge in [0.05, 0.1) is 12.2 Å². The number of halogens is 1. The van der Waals surface area contributed by atoms with E-state index in [0.717, 1.165) is 5.56 Å². The predicted molar refractivity (Wildman–Crippen MR) is 102 cm³/mol. The molecule has 0 aliphatic carbocycles. The normalized spacial score (nSPS) is 13.9. The first-order valence-corrected chi connectivity index (χ1v) is 8.45. The number of nitrogens with one attached hydrogen (secondary N) is 5. The molecular weight excluding hydrogens is 363 g/mol. The van der Waals surface area contributed by atoms with Crippen LogP contribution in [0.2, 0.25) is 0 Å². The van der Waals surface area contributed by atoms with E-state index < -0.39 is 0 Å². The SMILES string of the molecule is C[C@H](Nc1nc(Nc2cnccn2)cc(C2=NNNN2)n1)c1ccc(F)cc1. The summed E-state index contributed by atoms with van der Waals surface area (Å²) in [5.74, 6) is 1.65. The Bertz CT molecular complexity index is 977. The number of aromatic nitrogens is 4. The first-order valence-electron chi connectivity index (χ1n) is 8.45. The van der Waals surface area contributed by atoms with Crippen LogP contribution in [0.15, 0.2) is 54.0 Å². The van der Waals surface area contributed by atoms with Crippen molar-refractivity contribution in [2.45, 2.75) is 13.0 Å². The van der Waals surface area contributed by atoms with E-state index in [4.69, 9.17) is 0 Å². The minimum Gasteiger partial charge on any atom is -0.348 e. The van der Waals surface area contributed by atoms with Gasteiger partial charge in [0.15, 0.2) is 5.84 Å². The smallest absolute Gasteiger partial charge is 0.225 e. The van der Waals surface area contributed by atoms with Crippen LogP contribution in [-0.2, 0) is 0 Å². The van der Waals surface area contributed by atoms with Gasteiger partial charge >= 0.3 is 0 Å². The van der Waals surface area contributed by atoms with Gasteiger partial charge in [-0.05, 0) is 24.6 Å². The monoisotopic (exact) mass is 380 g/mol. The van der Waals surface area contributed by atoms with Crippen molar-refractivity contribution in [2.75, 3.05) is 10.6 Å². The molecule has 28 heavy (non-hydrogen) atoms. The first-order chi connectivity index (χ1) is 13.7. The molecule has 1 atom stereocenters. The second-order valence-electron chi connectivity index (χ2n) is 5.92. The molecule has 11 heteroatoms. The highest BCUT2D eigenvalue weighted by atomic mass is 19.1. The van der Waals surface area contributed by atoms with Crippen LogP contribution in [0.5, 0.6) is 0 Å². The summed E-state index contributed by atoms with van der Waals surface area (Å²) in [6.45, 7) is 1.94. The molecule has 10 nitrogen and oxygen atoms in total. The second-order valence-corrected chi connectivity index (χ2v) is 5.92. The van der Waals surface area contributed by atoms with Crippen LogP contribution in [0.25, 0.3) is 0 Å². The lowest BCUT2D eigenvalue weighted by Gasteiger charge is -2.16. The Hall–Kier alpha value is -3.86. The third-order valence-electron chi connectivity index (χ3n) is 3.91. The summed E-state index contributed by atoms with van der Waals surface area (Å²) in [5.41, 5.74) is 9.57. The molecular formula is C17H17FN10. The Kier molecular flexibility index (Phi) is 4.89. The molecule has 0 fully saturated rings. The third kappa shape index (κ3) is 4.10. The van der Waals surface area contributed by atoms with Crippen LogP contribution in [0, 0.1) is 5.82 Å². The van der Waals surface area contributed by atoms with Crippen LogP contribution in [-0.4, -0.2) is 25.8 Å². The Balaban J connectivity index is 1.62. The molecule has 4 rings (SSSR count). The lowest BCUT2D eigenvalue weighted by molar-refractivity contribution is 0.577. The van der Waals surface area contributed by atoms with E-state index in [9.17, 15) is 4.39 Å². The molecule has 2 aromatic heterocycles. The molecule has 1 aliphatic heterocycles. The highest BCUT2D eigenvalue weighted by molar-refractivity contribution is 5.98. The van der Waals surface area contributed by atoms with Crippen molar-refractivity contribution in [1.82, 2.24) is 36.4 Å². The average molecular weight is 380 g/mol. The lowest BCUT2D eigenvalue weighted by atomic mass is 10.1. The fourth-order valence-electron chi connectivity index (χ4n) is 2.54. The number of amidine groups is 1. The zero-order valence-corrected chi connectivity index (χ0v) is 14.8. The Morgan fingerprint density at radius 2 is 1.93 bits per heavy atom. The minimum atomic E-state index is -0.282. The molecule has 0 bridgehead atoms. The van der Waals surface area contributed by atoms with Gasteiger partial charge in [-0.15, -0.1) is 10.6 Å². The number of hydrazine groups is 2. The first kappa shape index (κ1) is 17.5. The number of hydrogen-bond acceptors (Lipinski definition) is 10. The van der Waals surface area contributed by atoms with E-state index >= 15 is 0 Å². The van der Waals surface area contributed by atoms with Gasteiger partial charge in [0.2, 0.25) is 5.95 Å². The predicted octanol–water partition coefficient (Wildman–Crippen LogP) is 1.60. The summed E-state index contributed by atoms with van der Waals surface area (Å²) in [4.78, 5) is 17.2. The van der Waals surface area contributed by atoms with Gasteiger partial charge in [0.25, 0.3) is 0 Å². The highest BCUT2D eigenvalue weighted by Crippen LogP contribution is 2.20. The molecule has 0 amide bonds. The van der Waals surface area contributed by atoms with Gasteiger partial charge in [-0.25, -0.2) is 19.9 Å². The molecule has 3 aromatic rings. The van der Waals surface area contributed by atoms with Crippen LogP contribution in [0.1, 0.15) is 24.2 Å². The van der Waals surface area contributed by atoms with Gasteiger partial charge in [-0.2, -0.15) is 4.98 Å². The summed E-state index contributed by atoms with van der Waals surface area (Å²) in [6, 6.07) is 7.84. The van der Waals surface area contributed by atoms with Crippen LogP contribution < -0.4 is 27.1 Å². The highest BCUT2D eigenvalue weighted by Gasteiger charge is 2.15. The number of hydrogen-bond donors (Lipinski definition) is 5. The third-order valence-corrected chi connectivity index (χ3v) is 3.91. The number of hydrazone groups is 1. The van der Waals surface area contributed by atoms with Crippen LogP contribution in [0.3, 0.4) is 0 Å². The fourth-order valence-corrected chi connectivity index (χ4v) is 2.54. The molecule has 0 saturated heterocycles. The van der Waals surface area contributed by atoms with Gasteiger partial charge in [0, 0.05) is 18.5 Å². The molecule has 1 aliphatic rings. The Labute approximate surface area is 159 Å². The minimum absolute atomic E-state index is 0.144. The van der Waals surface area contributed by atoms with E-state index in [1.165, 1.54) is 12.1 Å². The van der Waals surface area contributed by atoms with Crippen molar-refractivity contribution in [3.8, 4) is 0 Å². The van der Waals surface area contributed by atoms with Crippen molar-refractivity contribution in [3.63, 3.8) is 0 Å². The van der Waals surface area contributed by atoms with Gasteiger partial charge in [-0.1, -0.05) is 12.1 Å². The number of benzene rings is 1. The van der Waals surface area contributed by atoms with E-state index in [-0.39, 0.29) is 11.9 Å². The number of rotatable bonds is 6. The van der Waals surface area contributed by atoms with Crippen molar-refractivity contribution < 1.29 is 4.39 Å². The fraction of sp³-hybridized carbons (Fsp3) is 0.118. The van der Waals surface area contributed by atoms with Crippen LogP contribution in [0.4, 0.5) is 22.0 Å².